The molecule has 0 amide bonds. The molecule has 0 saturated carbocycles. The van der Waals surface area contributed by atoms with E-state index in [1.165, 1.54) is 141 Å². The first-order valence-electron chi connectivity index (χ1n) is 22.5. The van der Waals surface area contributed by atoms with Crippen LogP contribution in [0.4, 0.5) is 0 Å². The number of hydrogen-bond donors (Lipinski definition) is 1. The molecule has 1 N–H and O–H groups in total. The van der Waals surface area contributed by atoms with Gasteiger partial charge in [0.05, 0.1) is 6.61 Å². The van der Waals surface area contributed by atoms with Crippen LogP contribution in [0.1, 0.15) is 226 Å². The predicted molar refractivity (Wildman–Crippen MR) is 226 cm³/mol. The molecule has 0 saturated heterocycles. The zero-order valence-corrected chi connectivity index (χ0v) is 36.3. The van der Waals surface area contributed by atoms with Crippen LogP contribution in [0, 0.1) is 0 Å². The third kappa shape index (κ3) is 40.2. The zero-order chi connectivity index (χ0) is 39.6. The molecule has 2 unspecified atom stereocenters. The summed E-state index contributed by atoms with van der Waals surface area (Å²) in [4.78, 5) is 34.5. The summed E-state index contributed by atoms with van der Waals surface area (Å²) in [6.07, 6.45) is 46.5. The monoisotopic (exact) mass is 785 g/mol. The Labute approximate surface area is 333 Å². The second-order valence-corrected chi connectivity index (χ2v) is 16.8. The van der Waals surface area contributed by atoms with Crippen LogP contribution >= 0.6 is 7.82 Å². The van der Waals surface area contributed by atoms with Crippen LogP contribution in [0.3, 0.4) is 0 Å². The molecule has 0 aliphatic heterocycles. The summed E-state index contributed by atoms with van der Waals surface area (Å²) < 4.78 is 32.0. The fraction of sp³-hybridized carbons (Fsp3) is 0.867. The first kappa shape index (κ1) is 52.5. The molecule has 0 fully saturated rings. The van der Waals surface area contributed by atoms with Crippen LogP contribution in [0.15, 0.2) is 24.3 Å². The van der Waals surface area contributed by atoms with Crippen molar-refractivity contribution in [3.63, 3.8) is 0 Å². The molecule has 9 heteroatoms. The van der Waals surface area contributed by atoms with Gasteiger partial charge in [-0.05, 0) is 44.9 Å². The van der Waals surface area contributed by atoms with Crippen molar-refractivity contribution in [1.29, 1.82) is 0 Å². The summed E-state index contributed by atoms with van der Waals surface area (Å²) in [6.45, 7) is 3.88. The second kappa shape index (κ2) is 41.2. The van der Waals surface area contributed by atoms with E-state index in [0.717, 1.165) is 58.5 Å². The van der Waals surface area contributed by atoms with Crippen molar-refractivity contribution in [3.05, 3.63) is 24.3 Å². The van der Waals surface area contributed by atoms with E-state index in [9.17, 15) is 19.0 Å². The van der Waals surface area contributed by atoms with E-state index < -0.39 is 26.5 Å². The number of hydrogen-bond acceptors (Lipinski definition) is 7. The van der Waals surface area contributed by atoms with Gasteiger partial charge in [0.15, 0.2) is 6.10 Å². The summed E-state index contributed by atoms with van der Waals surface area (Å²) in [7, 11) is -3.20. The van der Waals surface area contributed by atoms with Gasteiger partial charge in [-0.1, -0.05) is 192 Å². The highest BCUT2D eigenvalue weighted by Gasteiger charge is 2.24. The first-order valence-corrected chi connectivity index (χ1v) is 24.0. The summed E-state index contributed by atoms with van der Waals surface area (Å²) >= 11 is 0. The highest BCUT2D eigenvalue weighted by atomic mass is 31.2. The van der Waals surface area contributed by atoms with Gasteiger partial charge in [-0.2, -0.15) is 0 Å². The lowest BCUT2D eigenvalue weighted by molar-refractivity contribution is -0.161. The standard InChI is InChI=1S/C45H85O8P/c1-4-6-8-10-12-14-16-18-20-22-24-25-27-29-31-33-35-37-39-44(46)51-41-43(42-52-54(48,49)50-3)53-45(47)40-38-36-34-32-30-28-26-23-21-19-17-15-13-11-9-7-5-2/h13,15,19,21,43H,4-12,14,16-18,20,22-42H2,1-3H3,(H,48,49)/b15-13-,21-19-. The number of phosphoric ester groups is 1. The van der Waals surface area contributed by atoms with Gasteiger partial charge in [0, 0.05) is 20.0 Å². The molecule has 54 heavy (non-hydrogen) atoms. The van der Waals surface area contributed by atoms with Crippen molar-refractivity contribution >= 4 is 19.8 Å². The van der Waals surface area contributed by atoms with Crippen molar-refractivity contribution in [3.8, 4) is 0 Å². The summed E-state index contributed by atoms with van der Waals surface area (Å²) in [5, 5.41) is 0. The molecule has 8 nitrogen and oxygen atoms in total. The third-order valence-electron chi connectivity index (χ3n) is 9.95. The highest BCUT2D eigenvalue weighted by molar-refractivity contribution is 7.47. The largest absolute Gasteiger partial charge is 0.472 e. The zero-order valence-electron chi connectivity index (χ0n) is 35.4. The van der Waals surface area contributed by atoms with Gasteiger partial charge in [0.25, 0.3) is 0 Å². The minimum absolute atomic E-state index is 0.224. The number of rotatable bonds is 42. The summed E-state index contributed by atoms with van der Waals surface area (Å²) in [5.41, 5.74) is 0. The van der Waals surface area contributed by atoms with E-state index in [4.69, 9.17) is 14.0 Å². The molecule has 0 aliphatic carbocycles. The van der Waals surface area contributed by atoms with Crippen LogP contribution in [0.25, 0.3) is 0 Å². The van der Waals surface area contributed by atoms with Crippen LogP contribution in [-0.2, 0) is 32.7 Å². The summed E-state index contributed by atoms with van der Waals surface area (Å²) in [5.74, 6) is -0.802. The lowest BCUT2D eigenvalue weighted by atomic mass is 10.0. The molecule has 0 aromatic carbocycles. The number of carbonyl (C=O) groups is 2. The van der Waals surface area contributed by atoms with Gasteiger partial charge in [-0.3, -0.25) is 18.6 Å². The van der Waals surface area contributed by atoms with Crippen molar-refractivity contribution < 1.29 is 37.6 Å². The molecule has 2 atom stereocenters. The van der Waals surface area contributed by atoms with Gasteiger partial charge in [0.2, 0.25) is 0 Å². The lowest BCUT2D eigenvalue weighted by Crippen LogP contribution is -2.29. The average Bonchev–Trinajstić information content (AvgIpc) is 3.16. The minimum atomic E-state index is -4.26. The van der Waals surface area contributed by atoms with Crippen molar-refractivity contribution in [2.24, 2.45) is 0 Å². The molecular formula is C45H85O8P. The van der Waals surface area contributed by atoms with Crippen molar-refractivity contribution in [1.82, 2.24) is 0 Å². The Morgan fingerprint density at radius 2 is 0.889 bits per heavy atom. The number of allylic oxidation sites excluding steroid dienone is 4. The van der Waals surface area contributed by atoms with Crippen LogP contribution < -0.4 is 0 Å². The Morgan fingerprint density at radius 1 is 0.519 bits per heavy atom. The summed E-state index contributed by atoms with van der Waals surface area (Å²) in [6, 6.07) is 0. The fourth-order valence-corrected chi connectivity index (χ4v) is 6.91. The molecule has 0 aromatic heterocycles. The molecule has 0 aromatic rings. The van der Waals surface area contributed by atoms with Gasteiger partial charge in [-0.15, -0.1) is 0 Å². The quantitative estimate of drug-likeness (QED) is 0.0282. The number of esters is 2. The smallest absolute Gasteiger partial charge is 0.462 e. The van der Waals surface area contributed by atoms with E-state index in [2.05, 4.69) is 42.7 Å². The van der Waals surface area contributed by atoms with Crippen molar-refractivity contribution in [2.75, 3.05) is 20.3 Å². The Bertz CT molecular complexity index is 937. The van der Waals surface area contributed by atoms with Gasteiger partial charge >= 0.3 is 19.8 Å². The molecule has 0 spiro atoms. The first-order chi connectivity index (χ1) is 26.3. The maximum absolute atomic E-state index is 12.5. The van der Waals surface area contributed by atoms with Crippen LogP contribution in [-0.4, -0.2) is 43.3 Å². The van der Waals surface area contributed by atoms with Gasteiger partial charge < -0.3 is 14.4 Å². The Kier molecular flexibility index (Phi) is 40.1. The Morgan fingerprint density at radius 3 is 1.33 bits per heavy atom. The van der Waals surface area contributed by atoms with E-state index in [0.29, 0.717) is 12.8 Å². The lowest BCUT2D eigenvalue weighted by Gasteiger charge is -2.19. The normalized spacial score (nSPS) is 13.5. The molecule has 0 aliphatic rings. The maximum Gasteiger partial charge on any atom is 0.472 e. The molecule has 0 heterocycles. The molecule has 0 rings (SSSR count). The Hall–Kier alpha value is -1.47. The van der Waals surface area contributed by atoms with Crippen LogP contribution in [0.5, 0.6) is 0 Å². The number of unbranched alkanes of at least 4 members (excludes halogenated alkanes) is 27. The van der Waals surface area contributed by atoms with E-state index >= 15 is 0 Å². The molecule has 318 valence electrons. The molecular weight excluding hydrogens is 699 g/mol. The second-order valence-electron chi connectivity index (χ2n) is 15.2. The maximum atomic E-state index is 12.5. The highest BCUT2D eigenvalue weighted by Crippen LogP contribution is 2.42. The topological polar surface area (TPSA) is 108 Å². The van der Waals surface area contributed by atoms with Crippen molar-refractivity contribution in [2.45, 2.75) is 232 Å². The number of carbonyl (C=O) groups excluding carboxylic acids is 2. The molecule has 0 bridgehead atoms. The average molecular weight is 785 g/mol. The predicted octanol–water partition coefficient (Wildman–Crippen LogP) is 14.2. The Balaban J connectivity index is 3.95. The van der Waals surface area contributed by atoms with E-state index in [-0.39, 0.29) is 19.0 Å². The van der Waals surface area contributed by atoms with Gasteiger partial charge in [0.1, 0.15) is 6.61 Å². The fourth-order valence-electron chi connectivity index (χ4n) is 6.45. The van der Waals surface area contributed by atoms with E-state index in [1.807, 2.05) is 0 Å². The van der Waals surface area contributed by atoms with E-state index in [1.54, 1.807) is 0 Å². The minimum Gasteiger partial charge on any atom is -0.462 e. The number of phosphoric acid groups is 1. The molecule has 0 radical (unpaired) electrons. The number of ether oxygens (including phenoxy) is 2. The third-order valence-corrected chi connectivity index (χ3v) is 10.9. The van der Waals surface area contributed by atoms with Gasteiger partial charge in [-0.25, -0.2) is 4.57 Å². The SMILES string of the molecule is CCCCC/C=C\C/C=C\CCCCCCCCCC(=O)OC(COC(=O)CCCCCCCCCCCCCCCCCCCC)COP(=O)(O)OC. The van der Waals surface area contributed by atoms with Crippen LogP contribution in [0.2, 0.25) is 0 Å².